The molecular weight excluding hydrogens is 517 g/mol. The number of carbonyl (C=O) groups excluding carboxylic acids is 3. The molecule has 0 bridgehead atoms. The average molecular weight is 552 g/mol. The highest BCUT2D eigenvalue weighted by Gasteiger charge is 2.32. The van der Waals surface area contributed by atoms with Crippen molar-refractivity contribution in [2.45, 2.75) is 51.7 Å². The molecule has 0 radical (unpaired) electrons. The van der Waals surface area contributed by atoms with Crippen LogP contribution in [0.15, 0.2) is 91.0 Å². The predicted molar refractivity (Wildman–Crippen MR) is 159 cm³/mol. The van der Waals surface area contributed by atoms with E-state index in [0.717, 1.165) is 27.6 Å². The number of carbonyl (C=O) groups is 3. The summed E-state index contributed by atoms with van der Waals surface area (Å²) in [7, 11) is 0. The van der Waals surface area contributed by atoms with Crippen molar-refractivity contribution in [1.29, 1.82) is 0 Å². The molecule has 0 spiro atoms. The van der Waals surface area contributed by atoms with Crippen LogP contribution in [0.3, 0.4) is 0 Å². The Morgan fingerprint density at radius 1 is 0.878 bits per heavy atom. The number of amides is 3. The van der Waals surface area contributed by atoms with Gasteiger partial charge in [0.15, 0.2) is 0 Å². The minimum absolute atomic E-state index is 0.0642. The number of hydrogen-bond acceptors (Lipinski definition) is 3. The van der Waals surface area contributed by atoms with E-state index >= 15 is 0 Å². The lowest BCUT2D eigenvalue weighted by Gasteiger charge is -2.32. The van der Waals surface area contributed by atoms with Gasteiger partial charge in [-0.1, -0.05) is 66.7 Å². The number of nitrogens with zero attached hydrogens (tertiary/aromatic N) is 2. The zero-order chi connectivity index (χ0) is 28.9. The van der Waals surface area contributed by atoms with Crippen LogP contribution in [0.2, 0.25) is 0 Å². The lowest BCUT2D eigenvalue weighted by Crippen LogP contribution is -2.51. The second kappa shape index (κ2) is 12.3. The summed E-state index contributed by atoms with van der Waals surface area (Å²) in [5.74, 6) is -0.866. The Labute approximate surface area is 239 Å². The molecule has 4 aromatic rings. The molecule has 0 saturated carbocycles. The van der Waals surface area contributed by atoms with Gasteiger partial charge in [0.05, 0.1) is 5.69 Å². The van der Waals surface area contributed by atoms with Crippen LogP contribution in [0.1, 0.15) is 48.2 Å². The molecule has 3 amide bonds. The Kier molecular flexibility index (Phi) is 8.43. The van der Waals surface area contributed by atoms with Crippen molar-refractivity contribution < 1.29 is 18.8 Å². The predicted octanol–water partition coefficient (Wildman–Crippen LogP) is 5.88. The summed E-state index contributed by atoms with van der Waals surface area (Å²) < 4.78 is 13.6. The van der Waals surface area contributed by atoms with Crippen LogP contribution in [0.4, 0.5) is 10.1 Å². The van der Waals surface area contributed by atoms with Crippen LogP contribution >= 0.6 is 0 Å². The minimum Gasteiger partial charge on any atom is -0.352 e. The molecule has 0 aromatic heterocycles. The van der Waals surface area contributed by atoms with Gasteiger partial charge in [-0.25, -0.2) is 4.39 Å². The topological polar surface area (TPSA) is 69.7 Å². The highest BCUT2D eigenvalue weighted by molar-refractivity contribution is 6.25. The standard InChI is InChI=1S/C34H34FN3O3/c1-23(2)36-33(40)30(21-24-9-4-3-5-10-24)38(22-25-16-18-27(35)19-17-25)31(39)15-8-20-37-29-14-7-12-26-11-6-13-28(32(26)29)34(37)41/h3-7,9-14,16-19,23,30H,8,15,20-22H2,1-2H3,(H,36,40)/t30-/m1/s1. The van der Waals surface area contributed by atoms with Crippen LogP contribution in [0.5, 0.6) is 0 Å². The third kappa shape index (κ3) is 6.30. The first-order valence-corrected chi connectivity index (χ1v) is 14.0. The molecule has 1 aliphatic heterocycles. The smallest absolute Gasteiger partial charge is 0.258 e. The fourth-order valence-corrected chi connectivity index (χ4v) is 5.45. The average Bonchev–Trinajstić information content (AvgIpc) is 3.24. The molecule has 1 aliphatic rings. The molecule has 210 valence electrons. The van der Waals surface area contributed by atoms with Crippen LogP contribution in [-0.2, 0) is 22.6 Å². The SMILES string of the molecule is CC(C)NC(=O)[C@@H](Cc1ccccc1)N(Cc1ccc(F)cc1)C(=O)CCCN1C(=O)c2cccc3cccc1c23. The van der Waals surface area contributed by atoms with Crippen LogP contribution in [-0.4, -0.2) is 41.2 Å². The highest BCUT2D eigenvalue weighted by atomic mass is 19.1. The lowest BCUT2D eigenvalue weighted by atomic mass is 10.0. The maximum Gasteiger partial charge on any atom is 0.258 e. The number of halogens is 1. The molecule has 0 aliphatic carbocycles. The van der Waals surface area contributed by atoms with E-state index in [-0.39, 0.29) is 42.5 Å². The van der Waals surface area contributed by atoms with Gasteiger partial charge in [-0.2, -0.15) is 0 Å². The Bertz CT molecular complexity index is 1550. The second-order valence-electron chi connectivity index (χ2n) is 10.8. The maximum atomic E-state index is 13.9. The van der Waals surface area contributed by atoms with Gasteiger partial charge in [-0.15, -0.1) is 0 Å². The monoisotopic (exact) mass is 551 g/mol. The van der Waals surface area contributed by atoms with E-state index in [0.29, 0.717) is 24.9 Å². The maximum absolute atomic E-state index is 13.9. The van der Waals surface area contributed by atoms with E-state index in [1.807, 2.05) is 80.6 Å². The summed E-state index contributed by atoms with van der Waals surface area (Å²) in [6, 6.07) is 26.3. The first kappa shape index (κ1) is 28.0. The summed E-state index contributed by atoms with van der Waals surface area (Å²) in [5.41, 5.74) is 3.20. The Morgan fingerprint density at radius 3 is 2.29 bits per heavy atom. The molecule has 0 saturated heterocycles. The first-order chi connectivity index (χ1) is 19.8. The summed E-state index contributed by atoms with van der Waals surface area (Å²) >= 11 is 0. The van der Waals surface area contributed by atoms with Gasteiger partial charge in [-0.3, -0.25) is 14.4 Å². The van der Waals surface area contributed by atoms with Gasteiger partial charge in [0.1, 0.15) is 11.9 Å². The highest BCUT2D eigenvalue weighted by Crippen LogP contribution is 2.37. The van der Waals surface area contributed by atoms with E-state index in [9.17, 15) is 18.8 Å². The molecule has 1 N–H and O–H groups in total. The molecule has 1 atom stereocenters. The zero-order valence-corrected chi connectivity index (χ0v) is 23.3. The van der Waals surface area contributed by atoms with Gasteiger partial charge in [0.25, 0.3) is 5.91 Å². The van der Waals surface area contributed by atoms with Gasteiger partial charge in [-0.05, 0) is 61.0 Å². The molecule has 7 heteroatoms. The summed E-state index contributed by atoms with van der Waals surface area (Å²) in [6.07, 6.45) is 0.921. The lowest BCUT2D eigenvalue weighted by molar-refractivity contribution is -0.141. The van der Waals surface area contributed by atoms with E-state index in [1.54, 1.807) is 21.9 Å². The summed E-state index contributed by atoms with van der Waals surface area (Å²) in [6.45, 7) is 4.31. The first-order valence-electron chi connectivity index (χ1n) is 14.0. The summed E-state index contributed by atoms with van der Waals surface area (Å²) in [4.78, 5) is 43.9. The number of anilines is 1. The molecule has 5 rings (SSSR count). The van der Waals surface area contributed by atoms with E-state index < -0.39 is 6.04 Å². The summed E-state index contributed by atoms with van der Waals surface area (Å²) in [5, 5.41) is 4.93. The number of benzene rings is 4. The largest absolute Gasteiger partial charge is 0.352 e. The molecule has 0 unspecified atom stereocenters. The van der Waals surface area contributed by atoms with Crippen molar-refractivity contribution in [3.8, 4) is 0 Å². The molecule has 41 heavy (non-hydrogen) atoms. The molecule has 0 fully saturated rings. The van der Waals surface area contributed by atoms with Crippen molar-refractivity contribution in [3.05, 3.63) is 114 Å². The Hall–Kier alpha value is -4.52. The van der Waals surface area contributed by atoms with Gasteiger partial charge in [0, 0.05) is 42.9 Å². The van der Waals surface area contributed by atoms with E-state index in [4.69, 9.17) is 0 Å². The van der Waals surface area contributed by atoms with Crippen molar-refractivity contribution >= 4 is 34.2 Å². The fraction of sp³-hybridized carbons (Fsp3) is 0.265. The van der Waals surface area contributed by atoms with Crippen molar-refractivity contribution in [2.75, 3.05) is 11.4 Å². The third-order valence-electron chi connectivity index (χ3n) is 7.39. The fourth-order valence-electron chi connectivity index (χ4n) is 5.45. The van der Waals surface area contributed by atoms with Gasteiger partial charge in [0.2, 0.25) is 11.8 Å². The van der Waals surface area contributed by atoms with Crippen molar-refractivity contribution in [3.63, 3.8) is 0 Å². The van der Waals surface area contributed by atoms with Gasteiger partial charge < -0.3 is 15.1 Å². The molecule has 1 heterocycles. The van der Waals surface area contributed by atoms with Crippen LogP contribution < -0.4 is 10.2 Å². The number of nitrogens with one attached hydrogen (secondary N) is 1. The Morgan fingerprint density at radius 2 is 1.59 bits per heavy atom. The molecule has 4 aromatic carbocycles. The normalized spacial score (nSPS) is 13.1. The molecule has 6 nitrogen and oxygen atoms in total. The number of hydrogen-bond donors (Lipinski definition) is 1. The van der Waals surface area contributed by atoms with Crippen molar-refractivity contribution in [1.82, 2.24) is 10.2 Å². The zero-order valence-electron chi connectivity index (χ0n) is 23.3. The van der Waals surface area contributed by atoms with E-state index in [2.05, 4.69) is 5.32 Å². The van der Waals surface area contributed by atoms with Crippen LogP contribution in [0, 0.1) is 5.82 Å². The minimum atomic E-state index is -0.760. The van der Waals surface area contributed by atoms with Crippen LogP contribution in [0.25, 0.3) is 10.8 Å². The van der Waals surface area contributed by atoms with E-state index in [1.165, 1.54) is 12.1 Å². The van der Waals surface area contributed by atoms with Gasteiger partial charge >= 0.3 is 0 Å². The van der Waals surface area contributed by atoms with Crippen molar-refractivity contribution in [2.24, 2.45) is 0 Å². The second-order valence-corrected chi connectivity index (χ2v) is 10.8. The number of rotatable bonds is 11. The quantitative estimate of drug-likeness (QED) is 0.253. The third-order valence-corrected chi connectivity index (χ3v) is 7.39. The molecular formula is C34H34FN3O3. The Balaban J connectivity index is 1.37.